The van der Waals surface area contributed by atoms with Crippen molar-refractivity contribution >= 4 is 5.97 Å². The van der Waals surface area contributed by atoms with E-state index in [0.29, 0.717) is 38.2 Å². The van der Waals surface area contributed by atoms with Gasteiger partial charge in [0.15, 0.2) is 5.75 Å². The minimum atomic E-state index is -1.00. The van der Waals surface area contributed by atoms with Crippen LogP contribution in [0.4, 0.5) is 0 Å². The van der Waals surface area contributed by atoms with Gasteiger partial charge in [-0.3, -0.25) is 9.69 Å². The molecule has 3 N–H and O–H groups in total. The average Bonchev–Trinajstić information content (AvgIpc) is 2.47. The number of aromatic hydroxyl groups is 1. The number of nitrogens with zero attached hydrogens (tertiary/aromatic N) is 2. The number of pyridine rings is 1. The van der Waals surface area contributed by atoms with Gasteiger partial charge in [0.05, 0.1) is 12.8 Å². The van der Waals surface area contributed by atoms with E-state index in [1.165, 1.54) is 16.8 Å². The number of carbonyl (C=O) groups is 1. The largest absolute Gasteiger partial charge is 0.503 e. The summed E-state index contributed by atoms with van der Waals surface area (Å²) in [4.78, 5) is 25.1. The number of carboxylic acid groups (broad SMARTS) is 1. The average molecular weight is 312 g/mol. The van der Waals surface area contributed by atoms with Gasteiger partial charge >= 0.3 is 5.97 Å². The third kappa shape index (κ3) is 4.57. The first kappa shape index (κ1) is 18.2. The van der Waals surface area contributed by atoms with Crippen LogP contribution in [0, 0.1) is 0 Å². The molecule has 124 valence electrons. The molecular weight excluding hydrogens is 288 g/mol. The summed E-state index contributed by atoms with van der Waals surface area (Å²) in [7, 11) is 0. The topological polar surface area (TPSA) is 103 Å². The van der Waals surface area contributed by atoms with Gasteiger partial charge in [0.2, 0.25) is 5.43 Å². The van der Waals surface area contributed by atoms with Crippen LogP contribution in [0.15, 0.2) is 17.1 Å². The molecule has 7 heteroatoms. The third-order valence-corrected chi connectivity index (χ3v) is 3.58. The van der Waals surface area contributed by atoms with Crippen molar-refractivity contribution in [1.82, 2.24) is 9.47 Å². The molecule has 1 aromatic rings. The van der Waals surface area contributed by atoms with Gasteiger partial charge in [0, 0.05) is 24.8 Å². The minimum absolute atomic E-state index is 0.0204. The molecule has 0 spiro atoms. The van der Waals surface area contributed by atoms with Crippen molar-refractivity contribution in [1.29, 1.82) is 0 Å². The number of hydrogen-bond acceptors (Lipinski definition) is 5. The van der Waals surface area contributed by atoms with Crippen LogP contribution < -0.4 is 5.43 Å². The number of aliphatic hydroxyl groups is 1. The van der Waals surface area contributed by atoms with E-state index in [1.54, 1.807) is 0 Å². The molecule has 1 rings (SSSR count). The van der Waals surface area contributed by atoms with Crippen LogP contribution in [0.25, 0.3) is 0 Å². The van der Waals surface area contributed by atoms with Gasteiger partial charge in [0.25, 0.3) is 0 Å². The van der Waals surface area contributed by atoms with Crippen LogP contribution in [0.1, 0.15) is 38.4 Å². The Morgan fingerprint density at radius 2 is 2.09 bits per heavy atom. The summed E-state index contributed by atoms with van der Waals surface area (Å²) in [6.45, 7) is 5.19. The quantitative estimate of drug-likeness (QED) is 0.623. The molecule has 1 unspecified atom stereocenters. The number of aliphatic hydroxyl groups excluding tert-OH is 1. The first-order valence-electron chi connectivity index (χ1n) is 7.44. The monoisotopic (exact) mass is 312 g/mol. The van der Waals surface area contributed by atoms with Gasteiger partial charge in [-0.05, 0) is 13.0 Å². The molecule has 22 heavy (non-hydrogen) atoms. The molecule has 1 atom stereocenters. The lowest BCUT2D eigenvalue weighted by Crippen LogP contribution is -2.31. The summed E-state index contributed by atoms with van der Waals surface area (Å²) < 4.78 is 1.45. The number of hydrogen-bond donors (Lipinski definition) is 3. The van der Waals surface area contributed by atoms with Crippen molar-refractivity contribution in [2.24, 2.45) is 0 Å². The van der Waals surface area contributed by atoms with Gasteiger partial charge in [-0.15, -0.1) is 0 Å². The van der Waals surface area contributed by atoms with Crippen LogP contribution in [0.5, 0.6) is 5.75 Å². The molecule has 0 aromatic carbocycles. The second-order valence-corrected chi connectivity index (χ2v) is 5.16. The van der Waals surface area contributed by atoms with E-state index < -0.39 is 23.2 Å². The van der Waals surface area contributed by atoms with Gasteiger partial charge in [-0.2, -0.15) is 0 Å². The third-order valence-electron chi connectivity index (χ3n) is 3.58. The van der Waals surface area contributed by atoms with E-state index in [9.17, 15) is 19.8 Å². The Labute approximate surface area is 129 Å². The number of likely N-dealkylation sites (N-methyl/N-ethyl adjacent to an activating group) is 1. The van der Waals surface area contributed by atoms with Gasteiger partial charge in [0.1, 0.15) is 6.04 Å². The molecule has 0 aliphatic rings. The van der Waals surface area contributed by atoms with Gasteiger partial charge in [-0.25, -0.2) is 4.79 Å². The van der Waals surface area contributed by atoms with Crippen molar-refractivity contribution in [2.45, 2.75) is 39.3 Å². The molecule has 0 radical (unpaired) electrons. The minimum Gasteiger partial charge on any atom is -0.503 e. The predicted octanol–water partition coefficient (Wildman–Crippen LogP) is 0.794. The van der Waals surface area contributed by atoms with E-state index in [-0.39, 0.29) is 6.61 Å². The molecule has 0 fully saturated rings. The second-order valence-electron chi connectivity index (χ2n) is 5.16. The Morgan fingerprint density at radius 1 is 1.41 bits per heavy atom. The van der Waals surface area contributed by atoms with Crippen LogP contribution in [0.3, 0.4) is 0 Å². The Kier molecular flexibility index (Phi) is 7.07. The first-order valence-corrected chi connectivity index (χ1v) is 7.44. The number of aromatic nitrogens is 1. The number of carboxylic acids is 1. The fourth-order valence-corrected chi connectivity index (χ4v) is 2.37. The Hall–Kier alpha value is -1.86. The summed E-state index contributed by atoms with van der Waals surface area (Å²) in [5.74, 6) is -1.47. The van der Waals surface area contributed by atoms with E-state index in [1.807, 2.05) is 18.7 Å². The maximum atomic E-state index is 11.7. The normalized spacial score (nSPS) is 12.5. The van der Waals surface area contributed by atoms with Crippen molar-refractivity contribution < 1.29 is 20.1 Å². The summed E-state index contributed by atoms with van der Waals surface area (Å²) >= 11 is 0. The Morgan fingerprint density at radius 3 is 2.59 bits per heavy atom. The molecule has 0 aliphatic heterocycles. The van der Waals surface area contributed by atoms with Gasteiger partial charge < -0.3 is 19.9 Å². The molecule has 0 saturated carbocycles. The van der Waals surface area contributed by atoms with E-state index in [0.717, 1.165) is 0 Å². The van der Waals surface area contributed by atoms with Crippen molar-refractivity contribution in [3.05, 3.63) is 28.2 Å². The maximum Gasteiger partial charge on any atom is 0.326 e. The summed E-state index contributed by atoms with van der Waals surface area (Å²) in [6, 6.07) is 0.431. The van der Waals surface area contributed by atoms with Crippen LogP contribution in [-0.2, 0) is 11.3 Å². The molecule has 1 aromatic heterocycles. The Bertz CT molecular complexity index is 555. The Balaban J connectivity index is 3.26. The van der Waals surface area contributed by atoms with E-state index in [4.69, 9.17) is 5.11 Å². The highest BCUT2D eigenvalue weighted by atomic mass is 16.4. The molecule has 0 amide bonds. The van der Waals surface area contributed by atoms with Crippen LogP contribution in [0.2, 0.25) is 0 Å². The highest BCUT2D eigenvalue weighted by Gasteiger charge is 2.22. The standard InChI is InChI=1S/C15H24N2O5/c1-3-5-12(15(21)22)17-10-14(20)13(19)8-11(17)9-16(4-2)6-7-18/h8,10,12,18,20H,3-7,9H2,1-2H3,(H,21,22). The van der Waals surface area contributed by atoms with E-state index >= 15 is 0 Å². The van der Waals surface area contributed by atoms with Crippen LogP contribution >= 0.6 is 0 Å². The lowest BCUT2D eigenvalue weighted by Gasteiger charge is -2.25. The fourth-order valence-electron chi connectivity index (χ4n) is 2.37. The van der Waals surface area contributed by atoms with E-state index in [2.05, 4.69) is 0 Å². The zero-order valence-corrected chi connectivity index (χ0v) is 13.0. The lowest BCUT2D eigenvalue weighted by atomic mass is 10.1. The maximum absolute atomic E-state index is 11.7. The number of rotatable bonds is 9. The summed E-state index contributed by atoms with van der Waals surface area (Å²) in [5, 5.41) is 28.1. The highest BCUT2D eigenvalue weighted by molar-refractivity contribution is 5.72. The van der Waals surface area contributed by atoms with Crippen molar-refractivity contribution in [3.63, 3.8) is 0 Å². The van der Waals surface area contributed by atoms with Crippen LogP contribution in [-0.4, -0.2) is 50.5 Å². The van der Waals surface area contributed by atoms with Crippen molar-refractivity contribution in [3.8, 4) is 5.75 Å². The number of aliphatic carboxylic acids is 1. The zero-order valence-electron chi connectivity index (χ0n) is 13.0. The first-order chi connectivity index (χ1) is 10.4. The second kappa shape index (κ2) is 8.55. The fraction of sp³-hybridized carbons (Fsp3) is 0.600. The highest BCUT2D eigenvalue weighted by Crippen LogP contribution is 2.19. The molecule has 0 bridgehead atoms. The molecular formula is C15H24N2O5. The van der Waals surface area contributed by atoms with Gasteiger partial charge in [-0.1, -0.05) is 20.3 Å². The van der Waals surface area contributed by atoms with Crippen molar-refractivity contribution in [2.75, 3.05) is 19.7 Å². The summed E-state index contributed by atoms with van der Waals surface area (Å²) in [5.41, 5.74) is -0.0223. The lowest BCUT2D eigenvalue weighted by molar-refractivity contribution is -0.141. The summed E-state index contributed by atoms with van der Waals surface area (Å²) in [6.07, 6.45) is 2.26. The molecule has 0 aliphatic carbocycles. The molecule has 1 heterocycles. The zero-order chi connectivity index (χ0) is 16.7. The predicted molar refractivity (Wildman–Crippen MR) is 82.0 cm³/mol. The smallest absolute Gasteiger partial charge is 0.326 e. The SMILES string of the molecule is CCCC(C(=O)O)n1cc(O)c(=O)cc1CN(CC)CCO. The molecule has 0 saturated heterocycles. The molecule has 7 nitrogen and oxygen atoms in total.